The molecule has 0 aromatic rings. The van der Waals surface area contributed by atoms with Crippen molar-refractivity contribution in [2.75, 3.05) is 32.3 Å². The molecule has 5 saturated carbocycles. The highest BCUT2D eigenvalue weighted by Crippen LogP contribution is 2.36. The van der Waals surface area contributed by atoms with Crippen molar-refractivity contribution in [3.8, 4) is 0 Å². The van der Waals surface area contributed by atoms with Crippen molar-refractivity contribution in [2.45, 2.75) is 418 Å². The van der Waals surface area contributed by atoms with Crippen LogP contribution < -0.4 is 5.32 Å². The summed E-state index contributed by atoms with van der Waals surface area (Å²) < 4.78 is 59.8. The fourth-order valence-corrected chi connectivity index (χ4v) is 14.2. The predicted octanol–water partition coefficient (Wildman–Crippen LogP) is 21.5. The van der Waals surface area contributed by atoms with E-state index in [0.717, 1.165) is 140 Å². The predicted molar refractivity (Wildman–Crippen MR) is 451 cm³/mol. The van der Waals surface area contributed by atoms with E-state index in [-0.39, 0.29) is 96.9 Å². The second kappa shape index (κ2) is 96.3. The van der Waals surface area contributed by atoms with Crippen LogP contribution in [0.4, 0.5) is 0 Å². The van der Waals surface area contributed by atoms with E-state index in [0.29, 0.717) is 49.9 Å². The standard InChI is InChI=1S/C12H23N3O3S.C11H21N3O4S.C11H21N3O.C10H17N3O.C10H19NO.10C2H6.5B/c1-3-11(18-19(2,16)17)9-10-7-5-4-6-8-12(10)14-15-13;1-19(16,17)18-10(8-15)7-9-5-3-2-4-6-11(9)13-14-12;1-2-10(15)8-9-6-4-3-5-7-11(9)13-14-12;11-13-12-10-5-3-1-2-4-8(10)6-9-7-14-9;12-7-9-6-8-4-2-1-3-5-10(8)11-9;10*1-2;;;;;/h10-12H,3-9H2,1-2H3;9-11,15H,2-8H2,1H3;9-11,15H,2-8H2,1H3;8-10H,1-7H2;8-12H,1-7H2;10*1-2H3;;;;;/t10-,11-,12+;9-,10+,11+;9-,10-,11+;8-,9-,10+;8-,9+,10+;;;;;;;;;;;;;;;/m00000.............../s1. The quantitative estimate of drug-likeness (QED) is 0.0169. The fourth-order valence-electron chi connectivity index (χ4n) is 12.8. The Hall–Kier alpha value is -2.82. The molecule has 104 heavy (non-hydrogen) atoms. The van der Waals surface area contributed by atoms with E-state index in [1.165, 1.54) is 77.0 Å². The Morgan fingerprint density at radius 3 is 1.02 bits per heavy atom. The molecule has 7 aliphatic rings. The Morgan fingerprint density at radius 2 is 0.721 bits per heavy atom. The summed E-state index contributed by atoms with van der Waals surface area (Å²) in [5.74, 6) is 2.12. The molecule has 7 rings (SSSR count). The molecule has 609 valence electrons. The van der Waals surface area contributed by atoms with Crippen molar-refractivity contribution < 1.29 is 45.3 Å². The van der Waals surface area contributed by atoms with Crippen LogP contribution in [0.2, 0.25) is 0 Å². The van der Waals surface area contributed by atoms with Gasteiger partial charge in [0, 0.05) is 98.0 Å². The van der Waals surface area contributed by atoms with E-state index < -0.39 is 26.3 Å². The van der Waals surface area contributed by atoms with Crippen LogP contribution in [0.3, 0.4) is 0 Å². The zero-order chi connectivity index (χ0) is 77.9. The number of hydrogen-bond donors (Lipinski definition) is 4. The molecule has 30 heteroatoms. The number of azide groups is 4. The third-order valence-electron chi connectivity index (χ3n) is 17.1. The molecular weight excluding hydrogens is 1350 g/mol. The van der Waals surface area contributed by atoms with Crippen LogP contribution in [-0.2, 0) is 33.3 Å². The summed E-state index contributed by atoms with van der Waals surface area (Å²) in [6.45, 7) is 44.8. The molecule has 4 N–H and O–H groups in total. The number of hydrogen-bond acceptors (Lipinski definition) is 15. The van der Waals surface area contributed by atoms with Crippen molar-refractivity contribution in [3.05, 3.63) is 41.8 Å². The van der Waals surface area contributed by atoms with Gasteiger partial charge in [0.15, 0.2) is 0 Å². The second-order valence-electron chi connectivity index (χ2n) is 23.4. The highest BCUT2D eigenvalue weighted by atomic mass is 32.2. The van der Waals surface area contributed by atoms with Crippen LogP contribution in [0.5, 0.6) is 0 Å². The Kier molecular flexibility index (Phi) is 121. The van der Waals surface area contributed by atoms with Gasteiger partial charge in [-0.15, -0.1) is 0 Å². The summed E-state index contributed by atoms with van der Waals surface area (Å²) in [5.41, 5.74) is 34.2. The molecule has 15 atom stereocenters. The molecule has 23 nitrogen and oxygen atoms in total. The molecule has 2 aliphatic heterocycles. The zero-order valence-electron chi connectivity index (χ0n) is 71.2. The van der Waals surface area contributed by atoms with Crippen LogP contribution in [0.1, 0.15) is 358 Å². The molecule has 2 saturated heterocycles. The summed E-state index contributed by atoms with van der Waals surface area (Å²) in [6, 6.07) is 1.31. The van der Waals surface area contributed by atoms with E-state index in [9.17, 15) is 27.0 Å². The van der Waals surface area contributed by atoms with Crippen LogP contribution in [0, 0.1) is 29.6 Å². The van der Waals surface area contributed by atoms with Crippen molar-refractivity contribution in [3.63, 3.8) is 0 Å². The lowest BCUT2D eigenvalue weighted by Crippen LogP contribution is -2.32. The molecule has 0 amide bonds. The van der Waals surface area contributed by atoms with Gasteiger partial charge in [-0.1, -0.05) is 269 Å². The molecule has 0 bridgehead atoms. The summed E-state index contributed by atoms with van der Waals surface area (Å²) >= 11 is 0. The number of ether oxygens (including phenoxy) is 1. The summed E-state index contributed by atoms with van der Waals surface area (Å²) in [4.78, 5) is 11.7. The molecular formula is C74H161B5N13O10S2. The third-order valence-corrected chi connectivity index (χ3v) is 18.4. The smallest absolute Gasteiger partial charge is 0.264 e. The number of aliphatic hydroxyl groups is 3. The topological polar surface area (TPSA) is 367 Å². The minimum atomic E-state index is -3.59. The lowest BCUT2D eigenvalue weighted by atomic mass is 9.89. The minimum absolute atomic E-state index is 0. The van der Waals surface area contributed by atoms with Gasteiger partial charge >= 0.3 is 0 Å². The third kappa shape index (κ3) is 73.3. The molecule has 15 radical (unpaired) electrons. The minimum Gasteiger partial charge on any atom is -0.395 e. The zero-order valence-corrected chi connectivity index (χ0v) is 72.8. The second-order valence-corrected chi connectivity index (χ2v) is 26.6. The Morgan fingerprint density at radius 1 is 0.433 bits per heavy atom. The Labute approximate surface area is 652 Å². The van der Waals surface area contributed by atoms with Crippen LogP contribution in [0.25, 0.3) is 41.8 Å². The highest BCUT2D eigenvalue weighted by Gasteiger charge is 2.35. The summed E-state index contributed by atoms with van der Waals surface area (Å²) in [6.07, 6.45) is 35.5. The van der Waals surface area contributed by atoms with E-state index in [1.54, 1.807) is 0 Å². The first-order valence-electron chi connectivity index (χ1n) is 40.2. The van der Waals surface area contributed by atoms with Crippen molar-refractivity contribution in [1.29, 1.82) is 0 Å². The van der Waals surface area contributed by atoms with Gasteiger partial charge in [-0.2, -0.15) is 16.8 Å². The van der Waals surface area contributed by atoms with E-state index in [2.05, 4.69) is 45.4 Å². The van der Waals surface area contributed by atoms with Crippen LogP contribution in [0.15, 0.2) is 20.5 Å². The van der Waals surface area contributed by atoms with Gasteiger partial charge in [-0.05, 0) is 161 Å². The van der Waals surface area contributed by atoms with Crippen LogP contribution >= 0.6 is 0 Å². The van der Waals surface area contributed by atoms with Gasteiger partial charge in [0.2, 0.25) is 0 Å². The first-order chi connectivity index (χ1) is 48.0. The molecule has 0 aromatic heterocycles. The van der Waals surface area contributed by atoms with Crippen LogP contribution in [-0.4, -0.2) is 167 Å². The van der Waals surface area contributed by atoms with Gasteiger partial charge < -0.3 is 25.4 Å². The fraction of sp³-hybridized carbons (Fsp3) is 1.00. The van der Waals surface area contributed by atoms with Gasteiger partial charge in [-0.25, -0.2) is 0 Å². The number of epoxide rings is 1. The monoisotopic (exact) mass is 1510 g/mol. The summed E-state index contributed by atoms with van der Waals surface area (Å²) in [7, 11) is -7.02. The van der Waals surface area contributed by atoms with Crippen molar-refractivity contribution in [1.82, 2.24) is 5.32 Å². The van der Waals surface area contributed by atoms with Gasteiger partial charge in [0.25, 0.3) is 20.2 Å². The van der Waals surface area contributed by atoms with Gasteiger partial charge in [-0.3, -0.25) is 8.37 Å². The Bertz CT molecular complexity index is 2050. The van der Waals surface area contributed by atoms with E-state index in [1.807, 2.05) is 152 Å². The maximum absolute atomic E-state index is 11.2. The first kappa shape index (κ1) is 131. The molecule has 2 heterocycles. The normalized spacial score (nSPS) is 24.2. The highest BCUT2D eigenvalue weighted by molar-refractivity contribution is 7.86. The molecule has 0 spiro atoms. The van der Waals surface area contributed by atoms with E-state index >= 15 is 0 Å². The average Bonchev–Trinajstić information content (AvgIpc) is 1.72. The molecule has 0 aromatic carbocycles. The maximum atomic E-state index is 11.2. The SMILES string of the molecule is CC.CC.CC.CC.CC.CC.CC.CC.CC.CC.CC[C@@H](C[C@@H]1CCCCC[C@H]1N=[N+]=[N-])OS(C)(=O)=O.CC[C@H](O)C[C@@H]1CCCCC[C@H]1N=[N+]=[N-].CS(=O)(=O)O[C@@H](CO)C[C@@H]1CCCCC[C@H]1N=[N+]=[N-].OC[C@H]1C[C@@H]2CCCCC[C@H]2N1.[B].[B].[B].[B].[B].[N-]=[N+]=N[C@@H]1CCCCC[C@H]1C[C@H]1CO1. The number of aliphatic hydroxyl groups excluding tert-OH is 3. The molecule has 5 aliphatic carbocycles. The lowest BCUT2D eigenvalue weighted by Gasteiger charge is -2.25. The number of nitrogens with one attached hydrogen (secondary N) is 1. The van der Waals surface area contributed by atoms with E-state index in [4.69, 9.17) is 40.3 Å². The van der Waals surface area contributed by atoms with Crippen molar-refractivity contribution >= 4 is 62.3 Å². The number of rotatable bonds is 20. The molecule has 0 unspecified atom stereocenters. The van der Waals surface area contributed by atoms with Crippen molar-refractivity contribution in [2.24, 2.45) is 50.0 Å². The molecule has 7 fully saturated rings. The lowest BCUT2D eigenvalue weighted by molar-refractivity contribution is 0.0942. The summed E-state index contributed by atoms with van der Waals surface area (Å²) in [5, 5.41) is 46.9. The van der Waals surface area contributed by atoms with Gasteiger partial charge in [0.1, 0.15) is 6.10 Å². The largest absolute Gasteiger partial charge is 0.395 e. The average molecular weight is 1510 g/mol. The Balaban J connectivity index is -0.0000000845. The van der Waals surface area contributed by atoms with Gasteiger partial charge in [0.05, 0.1) is 50.6 Å². The number of nitrogens with zero attached hydrogens (tertiary/aromatic N) is 12. The maximum Gasteiger partial charge on any atom is 0.264 e. The number of fused-ring (bicyclic) bond motifs is 1. The first-order valence-corrected chi connectivity index (χ1v) is 43.8.